The van der Waals surface area contributed by atoms with E-state index in [1.807, 2.05) is 6.92 Å². The average Bonchev–Trinajstić information content (AvgIpc) is 2.12. The number of ether oxygens (including phenoxy) is 1. The van der Waals surface area contributed by atoms with E-state index in [-0.39, 0.29) is 11.6 Å². The molecule has 1 aliphatic rings. The zero-order valence-corrected chi connectivity index (χ0v) is 6.22. The van der Waals surface area contributed by atoms with Gasteiger partial charge in [0.15, 0.2) is 0 Å². The second kappa shape index (κ2) is 2.45. The SMILES string of the molecule is C=CC[C@]1(C)CCC(=O)O1. The van der Waals surface area contributed by atoms with Gasteiger partial charge in [0, 0.05) is 12.8 Å². The standard InChI is InChI=1S/C8H12O2/c1-3-5-8(2)6-4-7(9)10-8/h3H,1,4-6H2,2H3/t8-/m1/s1. The van der Waals surface area contributed by atoms with E-state index in [0.29, 0.717) is 6.42 Å². The van der Waals surface area contributed by atoms with Gasteiger partial charge in [0.1, 0.15) is 5.60 Å². The largest absolute Gasteiger partial charge is 0.459 e. The van der Waals surface area contributed by atoms with Crippen LogP contribution in [0.5, 0.6) is 0 Å². The molecule has 0 aromatic rings. The minimum absolute atomic E-state index is 0.0793. The molecular formula is C8H12O2. The Kier molecular flexibility index (Phi) is 1.79. The summed E-state index contributed by atoms with van der Waals surface area (Å²) in [6.07, 6.45) is 3.94. The summed E-state index contributed by atoms with van der Waals surface area (Å²) in [5.74, 6) is -0.0793. The lowest BCUT2D eigenvalue weighted by atomic mass is 9.99. The first-order valence-corrected chi connectivity index (χ1v) is 3.49. The summed E-state index contributed by atoms with van der Waals surface area (Å²) < 4.78 is 5.08. The number of carbonyl (C=O) groups excluding carboxylic acids is 1. The molecule has 1 saturated heterocycles. The van der Waals surface area contributed by atoms with Crippen molar-refractivity contribution >= 4 is 5.97 Å². The molecule has 1 rings (SSSR count). The Morgan fingerprint density at radius 3 is 3.00 bits per heavy atom. The van der Waals surface area contributed by atoms with Crippen LogP contribution in [-0.4, -0.2) is 11.6 Å². The van der Waals surface area contributed by atoms with Gasteiger partial charge in [0.05, 0.1) is 0 Å². The van der Waals surface area contributed by atoms with Crippen LogP contribution in [0.4, 0.5) is 0 Å². The maximum Gasteiger partial charge on any atom is 0.306 e. The lowest BCUT2D eigenvalue weighted by molar-refractivity contribution is -0.146. The second-order valence-electron chi connectivity index (χ2n) is 2.92. The lowest BCUT2D eigenvalue weighted by Gasteiger charge is -2.19. The second-order valence-corrected chi connectivity index (χ2v) is 2.92. The third-order valence-corrected chi connectivity index (χ3v) is 1.79. The number of rotatable bonds is 2. The maximum atomic E-state index is 10.7. The van der Waals surface area contributed by atoms with Gasteiger partial charge < -0.3 is 4.74 Å². The summed E-state index contributed by atoms with van der Waals surface area (Å²) >= 11 is 0. The highest BCUT2D eigenvalue weighted by atomic mass is 16.6. The first-order valence-electron chi connectivity index (χ1n) is 3.49. The van der Waals surface area contributed by atoms with Crippen LogP contribution < -0.4 is 0 Å². The first kappa shape index (κ1) is 7.32. The van der Waals surface area contributed by atoms with Crippen molar-refractivity contribution in [3.05, 3.63) is 12.7 Å². The monoisotopic (exact) mass is 140 g/mol. The van der Waals surface area contributed by atoms with Crippen LogP contribution in [0, 0.1) is 0 Å². The van der Waals surface area contributed by atoms with E-state index in [1.165, 1.54) is 0 Å². The molecule has 2 heteroatoms. The molecule has 0 amide bonds. The molecule has 0 bridgehead atoms. The average molecular weight is 140 g/mol. The molecule has 0 radical (unpaired) electrons. The topological polar surface area (TPSA) is 26.3 Å². The van der Waals surface area contributed by atoms with Gasteiger partial charge in [-0.15, -0.1) is 6.58 Å². The lowest BCUT2D eigenvalue weighted by Crippen LogP contribution is -2.22. The van der Waals surface area contributed by atoms with Gasteiger partial charge in [-0.25, -0.2) is 0 Å². The summed E-state index contributed by atoms with van der Waals surface area (Å²) in [6.45, 7) is 5.55. The Labute approximate surface area is 60.9 Å². The molecule has 1 heterocycles. The molecule has 0 N–H and O–H groups in total. The van der Waals surface area contributed by atoms with Crippen LogP contribution in [0.3, 0.4) is 0 Å². The molecular weight excluding hydrogens is 128 g/mol. The molecule has 0 aliphatic carbocycles. The predicted molar refractivity (Wildman–Crippen MR) is 38.5 cm³/mol. The van der Waals surface area contributed by atoms with Crippen LogP contribution in [-0.2, 0) is 9.53 Å². The number of cyclic esters (lactones) is 1. The highest BCUT2D eigenvalue weighted by Crippen LogP contribution is 2.29. The molecule has 0 saturated carbocycles. The Bertz CT molecular complexity index is 163. The highest BCUT2D eigenvalue weighted by Gasteiger charge is 2.34. The van der Waals surface area contributed by atoms with Crippen LogP contribution >= 0.6 is 0 Å². The number of carbonyl (C=O) groups is 1. The third kappa shape index (κ3) is 1.38. The van der Waals surface area contributed by atoms with E-state index in [1.54, 1.807) is 6.08 Å². The molecule has 10 heavy (non-hydrogen) atoms. The molecule has 0 aromatic carbocycles. The Balaban J connectivity index is 2.53. The fourth-order valence-corrected chi connectivity index (χ4v) is 1.19. The van der Waals surface area contributed by atoms with Gasteiger partial charge in [-0.3, -0.25) is 4.79 Å². The van der Waals surface area contributed by atoms with E-state index in [2.05, 4.69) is 6.58 Å². The molecule has 0 unspecified atom stereocenters. The normalized spacial score (nSPS) is 31.9. The summed E-state index contributed by atoms with van der Waals surface area (Å²) in [6, 6.07) is 0. The van der Waals surface area contributed by atoms with Gasteiger partial charge in [0.2, 0.25) is 0 Å². The summed E-state index contributed by atoms with van der Waals surface area (Å²) in [5.41, 5.74) is -0.251. The van der Waals surface area contributed by atoms with Crippen molar-refractivity contribution < 1.29 is 9.53 Å². The zero-order valence-electron chi connectivity index (χ0n) is 6.22. The van der Waals surface area contributed by atoms with Gasteiger partial charge in [-0.2, -0.15) is 0 Å². The number of hydrogen-bond acceptors (Lipinski definition) is 2. The van der Waals surface area contributed by atoms with E-state index in [9.17, 15) is 4.79 Å². The predicted octanol–water partition coefficient (Wildman–Crippen LogP) is 1.66. The molecule has 1 atom stereocenters. The molecule has 1 fully saturated rings. The van der Waals surface area contributed by atoms with Crippen molar-refractivity contribution in [2.45, 2.75) is 31.8 Å². The van der Waals surface area contributed by atoms with E-state index in [4.69, 9.17) is 4.74 Å². The van der Waals surface area contributed by atoms with Crippen molar-refractivity contribution in [2.75, 3.05) is 0 Å². The van der Waals surface area contributed by atoms with Crippen molar-refractivity contribution in [3.63, 3.8) is 0 Å². The van der Waals surface area contributed by atoms with Gasteiger partial charge in [-0.05, 0) is 13.3 Å². The van der Waals surface area contributed by atoms with E-state index < -0.39 is 0 Å². The van der Waals surface area contributed by atoms with Crippen molar-refractivity contribution in [3.8, 4) is 0 Å². The minimum Gasteiger partial charge on any atom is -0.459 e. The summed E-state index contributed by atoms with van der Waals surface area (Å²) in [4.78, 5) is 10.7. The van der Waals surface area contributed by atoms with Crippen LogP contribution in [0.25, 0.3) is 0 Å². The summed E-state index contributed by atoms with van der Waals surface area (Å²) in [5, 5.41) is 0. The van der Waals surface area contributed by atoms with Crippen LogP contribution in [0.1, 0.15) is 26.2 Å². The molecule has 0 aromatic heterocycles. The highest BCUT2D eigenvalue weighted by molar-refractivity contribution is 5.72. The number of hydrogen-bond donors (Lipinski definition) is 0. The van der Waals surface area contributed by atoms with Crippen LogP contribution in [0.2, 0.25) is 0 Å². The molecule has 0 spiro atoms. The maximum absolute atomic E-state index is 10.7. The van der Waals surface area contributed by atoms with Crippen molar-refractivity contribution in [1.29, 1.82) is 0 Å². The third-order valence-electron chi connectivity index (χ3n) is 1.79. The Morgan fingerprint density at radius 2 is 2.60 bits per heavy atom. The quantitative estimate of drug-likeness (QED) is 0.430. The van der Waals surface area contributed by atoms with Gasteiger partial charge >= 0.3 is 5.97 Å². The fraction of sp³-hybridized carbons (Fsp3) is 0.625. The summed E-state index contributed by atoms with van der Waals surface area (Å²) in [7, 11) is 0. The molecule has 56 valence electrons. The van der Waals surface area contributed by atoms with Crippen molar-refractivity contribution in [2.24, 2.45) is 0 Å². The van der Waals surface area contributed by atoms with Crippen LogP contribution in [0.15, 0.2) is 12.7 Å². The van der Waals surface area contributed by atoms with E-state index >= 15 is 0 Å². The van der Waals surface area contributed by atoms with Gasteiger partial charge in [-0.1, -0.05) is 6.08 Å². The Morgan fingerprint density at radius 1 is 1.90 bits per heavy atom. The van der Waals surface area contributed by atoms with Gasteiger partial charge in [0.25, 0.3) is 0 Å². The Hall–Kier alpha value is -0.790. The van der Waals surface area contributed by atoms with E-state index in [0.717, 1.165) is 12.8 Å². The minimum atomic E-state index is -0.251. The fourth-order valence-electron chi connectivity index (χ4n) is 1.19. The zero-order chi connectivity index (χ0) is 7.61. The molecule has 2 nitrogen and oxygen atoms in total. The van der Waals surface area contributed by atoms with Crippen molar-refractivity contribution in [1.82, 2.24) is 0 Å². The first-order chi connectivity index (χ1) is 4.66. The molecule has 1 aliphatic heterocycles. The number of esters is 1. The smallest absolute Gasteiger partial charge is 0.306 e.